The molecule has 13 heteroatoms. The Hall–Kier alpha value is -0.540. The molecule has 0 fully saturated rings. The SMILES string of the molecule is CC(C)Cc1ccc2ccccc2c1CC(C)C.CCCCCCCCCCCCOS(=O)(=O)O.CCCCCCCCc1ccccc1O.O=S(=O)([O-])[O-].[Na+].[Na+]. The molecule has 3 aromatic carbocycles. The molecule has 0 spiro atoms. The molecule has 3 aromatic rings. The summed E-state index contributed by atoms with van der Waals surface area (Å²) in [6, 6.07) is 21.0. The van der Waals surface area contributed by atoms with Crippen molar-refractivity contribution in [3.63, 3.8) is 0 Å². The largest absolute Gasteiger partial charge is 1.00 e. The Morgan fingerprint density at radius 3 is 1.49 bits per heavy atom. The number of hydrogen-bond donors (Lipinski definition) is 2. The summed E-state index contributed by atoms with van der Waals surface area (Å²) in [7, 11) is -9.40. The second-order valence-electron chi connectivity index (χ2n) is 15.1. The maximum absolute atomic E-state index is 10.2. The maximum Gasteiger partial charge on any atom is 1.00 e. The zero-order valence-electron chi connectivity index (χ0n) is 36.6. The van der Waals surface area contributed by atoms with Crippen molar-refractivity contribution in [3.8, 4) is 5.75 Å². The minimum atomic E-state index is -5.17. The first-order valence-electron chi connectivity index (χ1n) is 20.5. The van der Waals surface area contributed by atoms with Crippen molar-refractivity contribution in [1.82, 2.24) is 0 Å². The number of benzene rings is 3. The van der Waals surface area contributed by atoms with Crippen molar-refractivity contribution in [2.45, 2.75) is 164 Å². The van der Waals surface area contributed by atoms with Crippen LogP contribution in [0.3, 0.4) is 0 Å². The number of para-hydroxylation sites is 1. The third-order valence-corrected chi connectivity index (χ3v) is 9.36. The number of rotatable bonds is 23. The molecule has 0 saturated heterocycles. The van der Waals surface area contributed by atoms with E-state index in [0.717, 1.165) is 30.7 Å². The number of phenols is 1. The fourth-order valence-electron chi connectivity index (χ4n) is 6.23. The summed E-state index contributed by atoms with van der Waals surface area (Å²) >= 11 is 0. The number of phenolic OH excluding ortho intramolecular Hbond substituents is 1. The van der Waals surface area contributed by atoms with Crippen LogP contribution in [0.2, 0.25) is 0 Å². The van der Waals surface area contributed by atoms with Crippen molar-refractivity contribution in [2.24, 2.45) is 11.8 Å². The number of fused-ring (bicyclic) bond motifs is 1. The number of unbranched alkanes of at least 4 members (excludes halogenated alkanes) is 14. The molecule has 0 aliphatic rings. The van der Waals surface area contributed by atoms with Crippen molar-refractivity contribution < 1.29 is 98.9 Å². The third-order valence-electron chi connectivity index (χ3n) is 8.90. The second kappa shape index (κ2) is 37.2. The van der Waals surface area contributed by atoms with E-state index in [9.17, 15) is 13.5 Å². The van der Waals surface area contributed by atoms with Crippen LogP contribution in [0.1, 0.15) is 161 Å². The van der Waals surface area contributed by atoms with Crippen LogP contribution in [0.25, 0.3) is 10.8 Å². The summed E-state index contributed by atoms with van der Waals surface area (Å²) in [6.45, 7) is 13.8. The summed E-state index contributed by atoms with van der Waals surface area (Å²) in [5.41, 5.74) is 4.20. The summed E-state index contributed by atoms with van der Waals surface area (Å²) in [5, 5.41) is 12.4. The monoisotopic (exact) mass is 854 g/mol. The standard InChI is InChI=1S/C18H24.C14H22O.C12H26O4S.2Na.H2O4S/c1-13(2)11-16-10-9-15-7-5-6-8-17(15)18(16)12-14(3)4;1-2-3-4-5-6-7-10-13-11-8-9-12-14(13)15;1-2-3-4-5-6-7-8-9-10-11-12-16-17(13,14)15;;;1-5(2,3)4/h5-10,13-14H,11-12H2,1-4H3;8-9,11-12,15H,2-7,10H2,1H3;2-12H2,1H3,(H,13,14,15);;;(H2,1,2,3,4)/q;;;2*+1;/p-2. The fourth-order valence-corrected chi connectivity index (χ4v) is 6.56. The number of hydrogen-bond acceptors (Lipinski definition) is 8. The Kier molecular flexibility index (Phi) is 39.7. The van der Waals surface area contributed by atoms with Gasteiger partial charge in [-0.15, -0.1) is 0 Å². The first kappa shape index (κ1) is 60.8. The molecule has 0 aliphatic heterocycles. The molecule has 0 bridgehead atoms. The van der Waals surface area contributed by atoms with E-state index in [4.69, 9.17) is 22.1 Å². The van der Waals surface area contributed by atoms with Gasteiger partial charge in [-0.25, -0.2) is 4.18 Å². The average molecular weight is 855 g/mol. The molecule has 2 N–H and O–H groups in total. The first-order chi connectivity index (χ1) is 26.0. The van der Waals surface area contributed by atoms with Gasteiger partial charge in [0.2, 0.25) is 0 Å². The Bertz CT molecular complexity index is 1610. The van der Waals surface area contributed by atoms with Crippen molar-refractivity contribution in [3.05, 3.63) is 77.4 Å². The van der Waals surface area contributed by atoms with Gasteiger partial charge >= 0.3 is 69.5 Å². The van der Waals surface area contributed by atoms with Crippen molar-refractivity contribution in [1.29, 1.82) is 0 Å². The van der Waals surface area contributed by atoms with Gasteiger partial charge in [-0.1, -0.05) is 186 Å². The molecule has 3 rings (SSSR count). The molecular weight excluding hydrogens is 783 g/mol. The van der Waals surface area contributed by atoms with Crippen LogP contribution in [0.15, 0.2) is 60.7 Å². The maximum atomic E-state index is 10.2. The van der Waals surface area contributed by atoms with Gasteiger partial charge in [0.25, 0.3) is 0 Å². The predicted octanol–water partition coefficient (Wildman–Crippen LogP) is 5.93. The van der Waals surface area contributed by atoms with Crippen LogP contribution in [0, 0.1) is 11.8 Å². The first-order valence-corrected chi connectivity index (χ1v) is 23.2. The van der Waals surface area contributed by atoms with E-state index in [1.165, 1.54) is 113 Å². The van der Waals surface area contributed by atoms with Crippen LogP contribution >= 0.6 is 0 Å². The minimum Gasteiger partial charge on any atom is -0.759 e. The van der Waals surface area contributed by atoms with Crippen LogP contribution in [-0.2, 0) is 44.2 Å². The van der Waals surface area contributed by atoms with Gasteiger partial charge in [0, 0.05) is 10.4 Å². The molecule has 0 amide bonds. The van der Waals surface area contributed by atoms with Crippen molar-refractivity contribution >= 4 is 31.6 Å². The number of aromatic hydroxyl groups is 1. The molecular formula is C44H72Na2O9S2. The molecule has 0 saturated carbocycles. The van der Waals surface area contributed by atoms with E-state index >= 15 is 0 Å². The van der Waals surface area contributed by atoms with Gasteiger partial charge in [0.1, 0.15) is 5.75 Å². The van der Waals surface area contributed by atoms with Crippen LogP contribution in [-0.4, -0.2) is 42.2 Å². The summed E-state index contributed by atoms with van der Waals surface area (Å²) in [4.78, 5) is 0. The zero-order valence-corrected chi connectivity index (χ0v) is 42.3. The minimum absolute atomic E-state index is 0. The molecule has 57 heavy (non-hydrogen) atoms. The van der Waals surface area contributed by atoms with Gasteiger partial charge in [-0.3, -0.25) is 13.0 Å². The van der Waals surface area contributed by atoms with E-state index < -0.39 is 20.8 Å². The molecule has 0 unspecified atom stereocenters. The van der Waals surface area contributed by atoms with Crippen LogP contribution in [0.5, 0.6) is 5.75 Å². The van der Waals surface area contributed by atoms with Crippen LogP contribution in [0.4, 0.5) is 0 Å². The Morgan fingerprint density at radius 1 is 0.579 bits per heavy atom. The molecule has 0 radical (unpaired) electrons. The Balaban J connectivity index is -0.000000713. The summed E-state index contributed by atoms with van der Waals surface area (Å²) < 4.78 is 67.1. The molecule has 9 nitrogen and oxygen atoms in total. The van der Waals surface area contributed by atoms with Gasteiger partial charge in [-0.05, 0) is 77.5 Å². The van der Waals surface area contributed by atoms with E-state index in [0.29, 0.717) is 18.1 Å². The average Bonchev–Trinajstić information content (AvgIpc) is 3.09. The van der Waals surface area contributed by atoms with E-state index in [1.54, 1.807) is 11.6 Å². The molecule has 0 aromatic heterocycles. The summed E-state index contributed by atoms with van der Waals surface area (Å²) in [5.74, 6) is 1.88. The molecule has 0 heterocycles. The van der Waals surface area contributed by atoms with E-state index in [1.807, 2.05) is 18.2 Å². The molecule has 316 valence electrons. The van der Waals surface area contributed by atoms with Gasteiger partial charge < -0.3 is 14.2 Å². The quantitative estimate of drug-likeness (QED) is 0.0510. The molecule has 0 aliphatic carbocycles. The van der Waals surface area contributed by atoms with E-state index in [-0.39, 0.29) is 65.7 Å². The number of aryl methyl sites for hydroxylation is 1. The van der Waals surface area contributed by atoms with Gasteiger partial charge in [0.05, 0.1) is 6.61 Å². The smallest absolute Gasteiger partial charge is 0.759 e. The Labute approximate surface area is 392 Å². The fraction of sp³-hybridized carbons (Fsp3) is 0.636. The van der Waals surface area contributed by atoms with Crippen LogP contribution < -0.4 is 59.1 Å². The van der Waals surface area contributed by atoms with Crippen molar-refractivity contribution in [2.75, 3.05) is 6.61 Å². The van der Waals surface area contributed by atoms with Gasteiger partial charge in [0.15, 0.2) is 0 Å². The normalized spacial score (nSPS) is 11.0. The van der Waals surface area contributed by atoms with Gasteiger partial charge in [-0.2, -0.15) is 8.42 Å². The summed E-state index contributed by atoms with van der Waals surface area (Å²) in [6.07, 6.45) is 23.1. The van der Waals surface area contributed by atoms with E-state index in [2.05, 4.69) is 82.1 Å². The third kappa shape index (κ3) is 38.1. The predicted molar refractivity (Wildman–Crippen MR) is 226 cm³/mol. The zero-order chi connectivity index (χ0) is 41.5. The Morgan fingerprint density at radius 2 is 1.02 bits per heavy atom. The topological polar surface area (TPSA) is 164 Å². The second-order valence-corrected chi connectivity index (χ2v) is 17.0. The molecule has 0 atom stereocenters.